The maximum atomic E-state index is 12.2. The summed E-state index contributed by atoms with van der Waals surface area (Å²) in [7, 11) is -1.66. The SMILES string of the molecule is CNCc1csc(S(=O)(=O)Nc2cccc(I)c2)c1. The van der Waals surface area contributed by atoms with Gasteiger partial charge in [0.1, 0.15) is 4.21 Å². The first-order valence-electron chi connectivity index (χ1n) is 5.51. The molecule has 4 nitrogen and oxygen atoms in total. The van der Waals surface area contributed by atoms with E-state index in [1.54, 1.807) is 18.2 Å². The molecule has 0 aliphatic heterocycles. The van der Waals surface area contributed by atoms with Gasteiger partial charge in [0, 0.05) is 15.8 Å². The van der Waals surface area contributed by atoms with Crippen LogP contribution in [0.4, 0.5) is 5.69 Å². The standard InChI is InChI=1S/C12H13IN2O2S2/c1-14-7-9-5-12(18-8-9)19(16,17)15-11-4-2-3-10(13)6-11/h2-6,8,14-15H,7H2,1H3. The number of anilines is 1. The largest absolute Gasteiger partial charge is 0.316 e. The van der Waals surface area contributed by atoms with Crippen LogP contribution >= 0.6 is 33.9 Å². The molecule has 0 amide bonds. The lowest BCUT2D eigenvalue weighted by Crippen LogP contribution is -2.11. The molecule has 0 bridgehead atoms. The molecule has 0 saturated carbocycles. The van der Waals surface area contributed by atoms with Crippen LogP contribution in [0.3, 0.4) is 0 Å². The van der Waals surface area contributed by atoms with Crippen LogP contribution < -0.4 is 10.0 Å². The van der Waals surface area contributed by atoms with Gasteiger partial charge in [-0.1, -0.05) is 6.07 Å². The third-order valence-corrected chi connectivity index (χ3v) is 5.89. The van der Waals surface area contributed by atoms with Crippen molar-refractivity contribution in [2.75, 3.05) is 11.8 Å². The van der Waals surface area contributed by atoms with Crippen molar-refractivity contribution in [3.63, 3.8) is 0 Å². The molecule has 0 spiro atoms. The molecule has 19 heavy (non-hydrogen) atoms. The number of benzene rings is 1. The molecule has 0 radical (unpaired) electrons. The molecule has 7 heteroatoms. The van der Waals surface area contributed by atoms with E-state index in [0.717, 1.165) is 9.13 Å². The fraction of sp³-hybridized carbons (Fsp3) is 0.167. The lowest BCUT2D eigenvalue weighted by Gasteiger charge is -2.06. The van der Waals surface area contributed by atoms with Crippen molar-refractivity contribution in [1.29, 1.82) is 0 Å². The number of halogens is 1. The molecule has 1 heterocycles. The summed E-state index contributed by atoms with van der Waals surface area (Å²) in [6.07, 6.45) is 0. The molecule has 2 aromatic rings. The van der Waals surface area contributed by atoms with Crippen LogP contribution in [0.15, 0.2) is 39.9 Å². The highest BCUT2D eigenvalue weighted by Gasteiger charge is 2.16. The Morgan fingerprint density at radius 3 is 2.79 bits per heavy atom. The number of sulfonamides is 1. The minimum Gasteiger partial charge on any atom is -0.316 e. The zero-order valence-electron chi connectivity index (χ0n) is 10.2. The van der Waals surface area contributed by atoms with Gasteiger partial charge < -0.3 is 5.32 Å². The van der Waals surface area contributed by atoms with Crippen molar-refractivity contribution in [3.8, 4) is 0 Å². The van der Waals surface area contributed by atoms with Gasteiger partial charge in [0.05, 0.1) is 0 Å². The third kappa shape index (κ3) is 3.91. The Morgan fingerprint density at radius 2 is 2.11 bits per heavy atom. The van der Waals surface area contributed by atoms with Gasteiger partial charge in [-0.3, -0.25) is 4.72 Å². The lowest BCUT2D eigenvalue weighted by molar-refractivity contribution is 0.603. The summed E-state index contributed by atoms with van der Waals surface area (Å²) in [5.74, 6) is 0. The Balaban J connectivity index is 2.22. The van der Waals surface area contributed by atoms with Gasteiger partial charge in [0.2, 0.25) is 0 Å². The first-order chi connectivity index (χ1) is 9.01. The maximum Gasteiger partial charge on any atom is 0.271 e. The van der Waals surface area contributed by atoms with E-state index < -0.39 is 10.0 Å². The minimum atomic E-state index is -3.49. The average molecular weight is 408 g/mol. The Labute approximate surface area is 130 Å². The first-order valence-corrected chi connectivity index (χ1v) is 8.96. The smallest absolute Gasteiger partial charge is 0.271 e. The lowest BCUT2D eigenvalue weighted by atomic mass is 10.3. The topological polar surface area (TPSA) is 58.2 Å². The Morgan fingerprint density at radius 1 is 1.32 bits per heavy atom. The summed E-state index contributed by atoms with van der Waals surface area (Å²) in [6, 6.07) is 8.95. The van der Waals surface area contributed by atoms with Gasteiger partial charge in [-0.15, -0.1) is 11.3 Å². The minimum absolute atomic E-state index is 0.330. The van der Waals surface area contributed by atoms with Crippen molar-refractivity contribution in [2.24, 2.45) is 0 Å². The van der Waals surface area contributed by atoms with Crippen molar-refractivity contribution < 1.29 is 8.42 Å². The van der Waals surface area contributed by atoms with Crippen LogP contribution in [0.1, 0.15) is 5.56 Å². The summed E-state index contributed by atoms with van der Waals surface area (Å²) >= 11 is 3.37. The molecule has 0 atom stereocenters. The summed E-state index contributed by atoms with van der Waals surface area (Å²) in [6.45, 7) is 0.662. The fourth-order valence-electron chi connectivity index (χ4n) is 1.55. The van der Waals surface area contributed by atoms with Crippen molar-refractivity contribution in [3.05, 3.63) is 44.8 Å². The molecule has 0 fully saturated rings. The van der Waals surface area contributed by atoms with Gasteiger partial charge in [0.25, 0.3) is 10.0 Å². The van der Waals surface area contributed by atoms with E-state index in [-0.39, 0.29) is 0 Å². The number of rotatable bonds is 5. The number of thiophene rings is 1. The van der Waals surface area contributed by atoms with E-state index in [4.69, 9.17) is 0 Å². The summed E-state index contributed by atoms with van der Waals surface area (Å²) in [4.78, 5) is 0. The van der Waals surface area contributed by atoms with E-state index in [0.29, 0.717) is 16.4 Å². The fourth-order valence-corrected chi connectivity index (χ4v) is 4.35. The van der Waals surface area contributed by atoms with Gasteiger partial charge in [-0.05, 0) is 64.8 Å². The molecule has 0 saturated heterocycles. The highest BCUT2D eigenvalue weighted by Crippen LogP contribution is 2.23. The van der Waals surface area contributed by atoms with Crippen LogP contribution in [0.5, 0.6) is 0 Å². The molecule has 0 unspecified atom stereocenters. The third-order valence-electron chi connectivity index (χ3n) is 2.35. The summed E-state index contributed by atoms with van der Waals surface area (Å²) in [5.41, 5.74) is 1.55. The molecule has 1 aromatic carbocycles. The zero-order valence-corrected chi connectivity index (χ0v) is 14.0. The van der Waals surface area contributed by atoms with Crippen LogP contribution in [-0.2, 0) is 16.6 Å². The predicted molar refractivity (Wildman–Crippen MR) is 87.1 cm³/mol. The molecule has 0 aliphatic carbocycles. The monoisotopic (exact) mass is 408 g/mol. The Bertz CT molecular complexity index is 668. The average Bonchev–Trinajstić information content (AvgIpc) is 2.78. The molecule has 102 valence electrons. The van der Waals surface area contributed by atoms with Gasteiger partial charge in [0.15, 0.2) is 0 Å². The van der Waals surface area contributed by atoms with Crippen LogP contribution in [0.2, 0.25) is 0 Å². The highest BCUT2D eigenvalue weighted by molar-refractivity contribution is 14.1. The maximum absolute atomic E-state index is 12.2. The second kappa shape index (κ2) is 6.21. The van der Waals surface area contributed by atoms with Crippen molar-refractivity contribution >= 4 is 49.6 Å². The van der Waals surface area contributed by atoms with E-state index in [9.17, 15) is 8.42 Å². The normalized spacial score (nSPS) is 11.5. The predicted octanol–water partition coefficient (Wildman–Crippen LogP) is 2.87. The van der Waals surface area contributed by atoms with E-state index in [1.165, 1.54) is 11.3 Å². The number of hydrogen-bond acceptors (Lipinski definition) is 4. The molecule has 0 aliphatic rings. The van der Waals surface area contributed by atoms with E-state index in [2.05, 4.69) is 32.6 Å². The van der Waals surface area contributed by atoms with Gasteiger partial charge >= 0.3 is 0 Å². The Kier molecular flexibility index (Phi) is 4.82. The van der Waals surface area contributed by atoms with Crippen LogP contribution in [0, 0.1) is 3.57 Å². The van der Waals surface area contributed by atoms with Crippen molar-refractivity contribution in [2.45, 2.75) is 10.8 Å². The molecular formula is C12H13IN2O2S2. The second-order valence-corrected chi connectivity index (χ2v) is 7.99. The van der Waals surface area contributed by atoms with Gasteiger partial charge in [-0.2, -0.15) is 0 Å². The first kappa shape index (κ1) is 14.8. The zero-order chi connectivity index (χ0) is 13.9. The number of nitrogens with one attached hydrogen (secondary N) is 2. The molecule has 2 rings (SSSR count). The summed E-state index contributed by atoms with van der Waals surface area (Å²) < 4.78 is 28.3. The van der Waals surface area contributed by atoms with Gasteiger partial charge in [-0.25, -0.2) is 8.42 Å². The number of hydrogen-bond donors (Lipinski definition) is 2. The van der Waals surface area contributed by atoms with E-state index in [1.807, 2.05) is 24.6 Å². The second-order valence-electron chi connectivity index (χ2n) is 3.92. The van der Waals surface area contributed by atoms with Crippen molar-refractivity contribution in [1.82, 2.24) is 5.32 Å². The van der Waals surface area contributed by atoms with Crippen LogP contribution in [-0.4, -0.2) is 15.5 Å². The molecule has 1 aromatic heterocycles. The molecular weight excluding hydrogens is 395 g/mol. The van der Waals surface area contributed by atoms with E-state index >= 15 is 0 Å². The summed E-state index contributed by atoms with van der Waals surface area (Å²) in [5, 5.41) is 4.84. The Hall–Kier alpha value is -0.640. The highest BCUT2D eigenvalue weighted by atomic mass is 127. The van der Waals surface area contributed by atoms with Crippen LogP contribution in [0.25, 0.3) is 0 Å². The quantitative estimate of drug-likeness (QED) is 0.749. The molecule has 2 N–H and O–H groups in total.